The molecule has 0 radical (unpaired) electrons. The molecule has 0 aliphatic rings. The van der Waals surface area contributed by atoms with Gasteiger partial charge in [0.1, 0.15) is 5.69 Å². The molecule has 17 heavy (non-hydrogen) atoms. The number of aromatic nitrogens is 1. The van der Waals surface area contributed by atoms with E-state index in [0.29, 0.717) is 5.69 Å². The van der Waals surface area contributed by atoms with Crippen LogP contribution < -0.4 is 4.57 Å². The Bertz CT molecular complexity index is 547. The summed E-state index contributed by atoms with van der Waals surface area (Å²) in [6, 6.07) is 13.2. The minimum Gasteiger partial charge on any atom is -0.171 e. The lowest BCUT2D eigenvalue weighted by molar-refractivity contribution is -0.580. The molecule has 0 saturated heterocycles. The summed E-state index contributed by atoms with van der Waals surface area (Å²) in [5.74, 6) is 0. The Kier molecular flexibility index (Phi) is 3.40. The highest BCUT2D eigenvalue weighted by Crippen LogP contribution is 2.20. The first kappa shape index (κ1) is 11.2. The van der Waals surface area contributed by atoms with E-state index in [9.17, 15) is 4.91 Å². The van der Waals surface area contributed by atoms with Crippen LogP contribution in [0.3, 0.4) is 0 Å². The second-order valence-corrected chi connectivity index (χ2v) is 3.72. The molecule has 0 fully saturated rings. The Morgan fingerprint density at radius 2 is 1.82 bits per heavy atom. The topological polar surface area (TPSA) is 33.3 Å². The van der Waals surface area contributed by atoms with Crippen LogP contribution >= 0.6 is 0 Å². The molecule has 1 aromatic carbocycles. The van der Waals surface area contributed by atoms with E-state index in [1.54, 1.807) is 12.1 Å². The van der Waals surface area contributed by atoms with Gasteiger partial charge in [0, 0.05) is 30.7 Å². The third kappa shape index (κ3) is 2.64. The molecule has 0 spiro atoms. The van der Waals surface area contributed by atoms with Crippen molar-refractivity contribution in [3.05, 3.63) is 65.3 Å². The van der Waals surface area contributed by atoms with E-state index in [4.69, 9.17) is 0 Å². The number of benzene rings is 1. The summed E-state index contributed by atoms with van der Waals surface area (Å²) >= 11 is 0. The predicted octanol–water partition coefficient (Wildman–Crippen LogP) is 3.39. The third-order valence-electron chi connectivity index (χ3n) is 2.52. The van der Waals surface area contributed by atoms with Crippen molar-refractivity contribution in [1.29, 1.82) is 0 Å². The molecule has 0 N–H and O–H groups in total. The summed E-state index contributed by atoms with van der Waals surface area (Å²) in [6.45, 7) is 1.99. The highest BCUT2D eigenvalue weighted by molar-refractivity contribution is 5.72. The zero-order valence-corrected chi connectivity index (χ0v) is 9.58. The SMILES string of the molecule is CC(=Cc1ccccc1N=O)[n+]1ccccc1. The van der Waals surface area contributed by atoms with E-state index in [2.05, 4.69) is 5.18 Å². The van der Waals surface area contributed by atoms with E-state index >= 15 is 0 Å². The van der Waals surface area contributed by atoms with Crippen LogP contribution in [0.15, 0.2) is 60.0 Å². The van der Waals surface area contributed by atoms with Crippen LogP contribution in [0.4, 0.5) is 5.69 Å². The van der Waals surface area contributed by atoms with Gasteiger partial charge in [-0.2, -0.15) is 4.57 Å². The van der Waals surface area contributed by atoms with Gasteiger partial charge in [-0.3, -0.25) is 0 Å². The van der Waals surface area contributed by atoms with Crippen molar-refractivity contribution in [3.8, 4) is 0 Å². The Labute approximate surface area is 100 Å². The van der Waals surface area contributed by atoms with Crippen molar-refractivity contribution >= 4 is 17.5 Å². The Morgan fingerprint density at radius 3 is 2.53 bits per heavy atom. The van der Waals surface area contributed by atoms with Crippen LogP contribution in [0.1, 0.15) is 12.5 Å². The molecular formula is C14H13N2O+. The van der Waals surface area contributed by atoms with E-state index in [1.807, 2.05) is 60.3 Å². The van der Waals surface area contributed by atoms with Crippen LogP contribution in [-0.2, 0) is 0 Å². The lowest BCUT2D eigenvalue weighted by Gasteiger charge is -1.98. The lowest BCUT2D eigenvalue weighted by atomic mass is 10.1. The molecular weight excluding hydrogens is 212 g/mol. The molecule has 0 amide bonds. The molecule has 0 aliphatic heterocycles. The lowest BCUT2D eigenvalue weighted by Crippen LogP contribution is -2.29. The van der Waals surface area contributed by atoms with Gasteiger partial charge in [-0.15, -0.1) is 4.91 Å². The molecule has 0 bridgehead atoms. The Morgan fingerprint density at radius 1 is 1.12 bits per heavy atom. The minimum atomic E-state index is 0.461. The standard InChI is InChI=1S/C14H13N2O/c1-12(16-9-5-2-6-10-16)11-13-7-3-4-8-14(13)15-17/h2-11H,1H3/q+1. The van der Waals surface area contributed by atoms with E-state index < -0.39 is 0 Å². The first-order valence-corrected chi connectivity index (χ1v) is 5.38. The van der Waals surface area contributed by atoms with E-state index in [1.165, 1.54) is 0 Å². The number of nitroso groups, excluding NO2 is 1. The molecule has 0 saturated carbocycles. The fraction of sp³-hybridized carbons (Fsp3) is 0.0714. The van der Waals surface area contributed by atoms with Gasteiger partial charge in [0.2, 0.25) is 0 Å². The summed E-state index contributed by atoms with van der Waals surface area (Å²) in [5.41, 5.74) is 2.32. The summed E-state index contributed by atoms with van der Waals surface area (Å²) < 4.78 is 1.99. The normalized spacial score (nSPS) is 11.2. The van der Waals surface area contributed by atoms with E-state index in [0.717, 1.165) is 11.3 Å². The van der Waals surface area contributed by atoms with Gasteiger partial charge in [0.05, 0.1) is 0 Å². The van der Waals surface area contributed by atoms with Crippen LogP contribution in [0.5, 0.6) is 0 Å². The number of hydrogen-bond donors (Lipinski definition) is 0. The van der Waals surface area contributed by atoms with Crippen molar-refractivity contribution in [2.45, 2.75) is 6.92 Å². The largest absolute Gasteiger partial charge is 0.184 e. The van der Waals surface area contributed by atoms with Gasteiger partial charge in [-0.05, 0) is 11.2 Å². The molecule has 0 unspecified atom stereocenters. The average Bonchev–Trinajstić information content (AvgIpc) is 2.40. The highest BCUT2D eigenvalue weighted by Gasteiger charge is 2.05. The average molecular weight is 225 g/mol. The number of nitrogens with zero attached hydrogens (tertiary/aromatic N) is 2. The van der Waals surface area contributed by atoms with Crippen molar-refractivity contribution in [3.63, 3.8) is 0 Å². The van der Waals surface area contributed by atoms with Crippen LogP contribution in [0, 0.1) is 4.91 Å². The van der Waals surface area contributed by atoms with Gasteiger partial charge in [0.25, 0.3) is 0 Å². The smallest absolute Gasteiger partial charge is 0.171 e. The van der Waals surface area contributed by atoms with Crippen molar-refractivity contribution in [1.82, 2.24) is 0 Å². The summed E-state index contributed by atoms with van der Waals surface area (Å²) in [6.07, 6.45) is 5.86. The highest BCUT2D eigenvalue weighted by atomic mass is 16.3. The van der Waals surface area contributed by atoms with Crippen molar-refractivity contribution in [2.24, 2.45) is 5.18 Å². The zero-order chi connectivity index (χ0) is 12.1. The van der Waals surface area contributed by atoms with E-state index in [-0.39, 0.29) is 0 Å². The van der Waals surface area contributed by atoms with Gasteiger partial charge in [-0.1, -0.05) is 24.3 Å². The number of pyridine rings is 1. The fourth-order valence-electron chi connectivity index (χ4n) is 1.63. The molecule has 1 heterocycles. The first-order chi connectivity index (χ1) is 8.31. The molecule has 2 rings (SSSR count). The van der Waals surface area contributed by atoms with Gasteiger partial charge >= 0.3 is 0 Å². The summed E-state index contributed by atoms with van der Waals surface area (Å²) in [4.78, 5) is 10.7. The van der Waals surface area contributed by atoms with Crippen molar-refractivity contribution in [2.75, 3.05) is 0 Å². The minimum absolute atomic E-state index is 0.461. The Hall–Kier alpha value is -2.29. The molecule has 84 valence electrons. The first-order valence-electron chi connectivity index (χ1n) is 5.38. The number of hydrogen-bond acceptors (Lipinski definition) is 2. The van der Waals surface area contributed by atoms with Crippen LogP contribution in [-0.4, -0.2) is 0 Å². The zero-order valence-electron chi connectivity index (χ0n) is 9.58. The molecule has 3 heteroatoms. The maximum Gasteiger partial charge on any atom is 0.184 e. The maximum absolute atomic E-state index is 10.7. The van der Waals surface area contributed by atoms with Crippen molar-refractivity contribution < 1.29 is 4.57 Å². The molecule has 0 aliphatic carbocycles. The summed E-state index contributed by atoms with van der Waals surface area (Å²) in [5, 5.41) is 3.01. The van der Waals surface area contributed by atoms with Crippen LogP contribution in [0.25, 0.3) is 11.8 Å². The van der Waals surface area contributed by atoms with Gasteiger partial charge in [0.15, 0.2) is 18.1 Å². The van der Waals surface area contributed by atoms with Gasteiger partial charge < -0.3 is 0 Å². The predicted molar refractivity (Wildman–Crippen MR) is 68.4 cm³/mol. The quantitative estimate of drug-likeness (QED) is 0.582. The third-order valence-corrected chi connectivity index (χ3v) is 2.52. The second kappa shape index (κ2) is 5.16. The molecule has 1 aromatic heterocycles. The molecule has 3 nitrogen and oxygen atoms in total. The van der Waals surface area contributed by atoms with Crippen LogP contribution in [0.2, 0.25) is 0 Å². The number of allylic oxidation sites excluding steroid dienone is 1. The van der Waals surface area contributed by atoms with Gasteiger partial charge in [-0.25, -0.2) is 0 Å². The monoisotopic (exact) mass is 225 g/mol. The molecule has 2 aromatic rings. The maximum atomic E-state index is 10.7. The number of rotatable bonds is 3. The summed E-state index contributed by atoms with van der Waals surface area (Å²) in [7, 11) is 0. The fourth-order valence-corrected chi connectivity index (χ4v) is 1.63. The molecule has 0 atom stereocenters. The Balaban J connectivity index is 2.39. The second-order valence-electron chi connectivity index (χ2n) is 3.72.